The third-order valence-electron chi connectivity index (χ3n) is 3.81. The molecule has 29 heavy (non-hydrogen) atoms. The molecule has 0 bridgehead atoms. The number of hydrogen-bond acceptors (Lipinski definition) is 6. The van der Waals surface area contributed by atoms with Gasteiger partial charge in [0.2, 0.25) is 0 Å². The number of hydrogen-bond donors (Lipinski definition) is 0. The third-order valence-corrected chi connectivity index (χ3v) is 4.11. The van der Waals surface area contributed by atoms with Crippen molar-refractivity contribution in [2.45, 2.75) is 66.1 Å². The van der Waals surface area contributed by atoms with E-state index in [4.69, 9.17) is 21.1 Å². The van der Waals surface area contributed by atoms with Crippen LogP contribution in [0.15, 0.2) is 17.4 Å². The van der Waals surface area contributed by atoms with Gasteiger partial charge in [0.1, 0.15) is 29.2 Å². The number of halogens is 2. The Morgan fingerprint density at radius 2 is 1.93 bits per heavy atom. The Kier molecular flexibility index (Phi) is 7.01. The zero-order valence-electron chi connectivity index (χ0n) is 17.9. The van der Waals surface area contributed by atoms with Crippen LogP contribution in [0.1, 0.15) is 66.2 Å². The maximum atomic E-state index is 14.2. The quantitative estimate of drug-likeness (QED) is 0.596. The molecule has 2 rings (SSSR count). The first-order valence-electron chi connectivity index (χ1n) is 9.34. The molecule has 0 saturated carbocycles. The van der Waals surface area contributed by atoms with Gasteiger partial charge >= 0.3 is 12.2 Å². The van der Waals surface area contributed by atoms with E-state index in [0.717, 1.165) is 4.57 Å². The van der Waals surface area contributed by atoms with E-state index >= 15 is 0 Å². The van der Waals surface area contributed by atoms with E-state index in [1.807, 2.05) is 6.08 Å². The van der Waals surface area contributed by atoms with Gasteiger partial charge in [0.15, 0.2) is 5.65 Å². The average Bonchev–Trinajstić information content (AvgIpc) is 2.95. The van der Waals surface area contributed by atoms with Crippen molar-refractivity contribution in [2.75, 3.05) is 7.11 Å². The lowest BCUT2D eigenvalue weighted by Gasteiger charge is -2.19. The Balaban J connectivity index is 2.37. The van der Waals surface area contributed by atoms with Gasteiger partial charge in [-0.1, -0.05) is 38.4 Å². The summed E-state index contributed by atoms with van der Waals surface area (Å²) in [6, 6.07) is 0. The van der Waals surface area contributed by atoms with Gasteiger partial charge in [0.05, 0.1) is 0 Å². The van der Waals surface area contributed by atoms with E-state index < -0.39 is 23.9 Å². The highest BCUT2D eigenvalue weighted by Crippen LogP contribution is 2.30. The normalized spacial score (nSPS) is 14.3. The molecule has 9 heteroatoms. The molecule has 0 aliphatic heterocycles. The summed E-state index contributed by atoms with van der Waals surface area (Å²) >= 11 is 6.33. The van der Waals surface area contributed by atoms with Gasteiger partial charge in [-0.3, -0.25) is 0 Å². The molecule has 0 saturated heterocycles. The van der Waals surface area contributed by atoms with Gasteiger partial charge < -0.3 is 9.47 Å². The number of carbonyl (C=O) groups excluding carboxylic acids is 1. The van der Waals surface area contributed by atoms with Crippen LogP contribution in [0, 0.1) is 11.5 Å². The number of allylic oxidation sites excluding steroid dienone is 2. The summed E-state index contributed by atoms with van der Waals surface area (Å²) in [4.78, 5) is 24.2. The zero-order chi connectivity index (χ0) is 22.0. The van der Waals surface area contributed by atoms with Crippen LogP contribution in [-0.4, -0.2) is 38.3 Å². The number of ether oxygens (including phenoxy) is 2. The summed E-state index contributed by atoms with van der Waals surface area (Å²) in [5.41, 5.74) is -0.203. The second-order valence-corrected chi connectivity index (χ2v) is 9.35. The van der Waals surface area contributed by atoms with Crippen molar-refractivity contribution in [3.8, 4) is 0 Å². The first-order valence-corrected chi connectivity index (χ1v) is 9.72. The molecule has 2 aromatic heterocycles. The number of carbonyl (C=O) groups is 1. The van der Waals surface area contributed by atoms with Crippen LogP contribution in [0.3, 0.4) is 0 Å². The number of rotatable bonds is 5. The minimum absolute atomic E-state index is 0.0279. The highest BCUT2D eigenvalue weighted by molar-refractivity contribution is 6.29. The number of methoxy groups -OCH3 is 1. The SMILES string of the molecule is COC(CC/C(Cl)=C/C(C)(C)C)c1nc(F)nc2c1ncn2C(=O)OC(C)(C)C. The van der Waals surface area contributed by atoms with Gasteiger partial charge in [0.25, 0.3) is 0 Å². The second-order valence-electron chi connectivity index (χ2n) is 8.87. The topological polar surface area (TPSA) is 79.1 Å². The largest absolute Gasteiger partial charge is 0.443 e. The lowest BCUT2D eigenvalue weighted by Crippen LogP contribution is -2.27. The fraction of sp³-hybridized carbons (Fsp3) is 0.600. The first kappa shape index (κ1) is 23.2. The molecule has 0 radical (unpaired) electrons. The van der Waals surface area contributed by atoms with Crippen molar-refractivity contribution in [3.05, 3.63) is 29.2 Å². The molecule has 2 heterocycles. The van der Waals surface area contributed by atoms with E-state index in [0.29, 0.717) is 17.9 Å². The Morgan fingerprint density at radius 1 is 1.28 bits per heavy atom. The Hall–Kier alpha value is -2.06. The van der Waals surface area contributed by atoms with Crippen molar-refractivity contribution in [1.82, 2.24) is 19.5 Å². The smallest absolute Gasteiger partial charge is 0.421 e. The highest BCUT2D eigenvalue weighted by atomic mass is 35.5. The molecule has 0 amide bonds. The molecule has 1 atom stereocenters. The van der Waals surface area contributed by atoms with E-state index in [9.17, 15) is 9.18 Å². The minimum Gasteiger partial charge on any atom is -0.443 e. The van der Waals surface area contributed by atoms with Gasteiger partial charge in [-0.25, -0.2) is 19.3 Å². The van der Waals surface area contributed by atoms with Gasteiger partial charge in [0, 0.05) is 12.1 Å². The van der Waals surface area contributed by atoms with E-state index in [1.165, 1.54) is 13.4 Å². The van der Waals surface area contributed by atoms with Gasteiger partial charge in [-0.15, -0.1) is 0 Å². The summed E-state index contributed by atoms with van der Waals surface area (Å²) < 4.78 is 26.1. The molecule has 0 aliphatic carbocycles. The Morgan fingerprint density at radius 3 is 2.48 bits per heavy atom. The van der Waals surface area contributed by atoms with Crippen molar-refractivity contribution >= 4 is 28.9 Å². The molecular formula is C20H28ClFN4O3. The molecule has 0 spiro atoms. The minimum atomic E-state index is -0.976. The fourth-order valence-corrected chi connectivity index (χ4v) is 3.18. The van der Waals surface area contributed by atoms with E-state index in [-0.39, 0.29) is 22.3 Å². The summed E-state index contributed by atoms with van der Waals surface area (Å²) in [5.74, 6) is 0. The molecule has 1 unspecified atom stereocenters. The number of fused-ring (bicyclic) bond motifs is 1. The van der Waals surface area contributed by atoms with Crippen LogP contribution in [0.25, 0.3) is 11.2 Å². The van der Waals surface area contributed by atoms with Crippen LogP contribution in [0.5, 0.6) is 0 Å². The Labute approximate surface area is 175 Å². The van der Waals surface area contributed by atoms with Crippen LogP contribution >= 0.6 is 11.6 Å². The molecule has 0 fully saturated rings. The lowest BCUT2D eigenvalue weighted by molar-refractivity contribution is 0.0542. The standard InChI is InChI=1S/C20H28ClFN4O3/c1-19(2,3)10-12(21)8-9-13(28-7)14-15-16(25-17(22)24-14)26(11-23-15)18(27)29-20(4,5)6/h10-11,13H,8-9H2,1-7H3/b12-10-. The summed E-state index contributed by atoms with van der Waals surface area (Å²) in [6.45, 7) is 11.4. The maximum Gasteiger partial charge on any atom is 0.421 e. The van der Waals surface area contributed by atoms with Crippen LogP contribution < -0.4 is 0 Å². The highest BCUT2D eigenvalue weighted by Gasteiger charge is 2.25. The molecule has 7 nitrogen and oxygen atoms in total. The van der Waals surface area contributed by atoms with E-state index in [1.54, 1.807) is 20.8 Å². The second kappa shape index (κ2) is 8.75. The first-order chi connectivity index (χ1) is 13.3. The van der Waals surface area contributed by atoms with Gasteiger partial charge in [-0.2, -0.15) is 9.37 Å². The fourth-order valence-electron chi connectivity index (χ4n) is 2.74. The van der Waals surface area contributed by atoms with Crippen molar-refractivity contribution in [1.29, 1.82) is 0 Å². The number of imidazole rings is 1. The maximum absolute atomic E-state index is 14.2. The van der Waals surface area contributed by atoms with Crippen molar-refractivity contribution in [2.24, 2.45) is 5.41 Å². The third kappa shape index (κ3) is 6.47. The number of aromatic nitrogens is 4. The molecule has 160 valence electrons. The monoisotopic (exact) mass is 426 g/mol. The summed E-state index contributed by atoms with van der Waals surface area (Å²) in [6.07, 6.45) is 1.96. The predicted molar refractivity (Wildman–Crippen MR) is 109 cm³/mol. The number of nitrogens with zero attached hydrogens (tertiary/aromatic N) is 4. The van der Waals surface area contributed by atoms with Crippen molar-refractivity contribution in [3.63, 3.8) is 0 Å². The van der Waals surface area contributed by atoms with Crippen LogP contribution in [-0.2, 0) is 9.47 Å². The lowest BCUT2D eigenvalue weighted by atomic mass is 9.95. The predicted octanol–water partition coefficient (Wildman–Crippen LogP) is 5.39. The summed E-state index contributed by atoms with van der Waals surface area (Å²) in [7, 11) is 1.50. The zero-order valence-corrected chi connectivity index (χ0v) is 18.7. The Bertz CT molecular complexity index is 913. The van der Waals surface area contributed by atoms with Crippen molar-refractivity contribution < 1.29 is 18.7 Å². The van der Waals surface area contributed by atoms with Crippen LogP contribution in [0.4, 0.5) is 9.18 Å². The molecule has 0 N–H and O–H groups in total. The molecule has 0 aromatic carbocycles. The molecular weight excluding hydrogens is 399 g/mol. The average molecular weight is 427 g/mol. The van der Waals surface area contributed by atoms with Crippen LogP contribution in [0.2, 0.25) is 0 Å². The van der Waals surface area contributed by atoms with Gasteiger partial charge in [-0.05, 0) is 39.0 Å². The molecule has 0 aliphatic rings. The molecule has 2 aromatic rings. The summed E-state index contributed by atoms with van der Waals surface area (Å²) in [5, 5.41) is 0.685. The van der Waals surface area contributed by atoms with E-state index in [2.05, 4.69) is 35.7 Å².